The maximum atomic E-state index is 12.4. The molecule has 0 aliphatic rings. The largest absolute Gasteiger partial charge is 0.393 e. The Hall–Kier alpha value is -1.03. The highest BCUT2D eigenvalue weighted by Crippen LogP contribution is 2.13. The maximum Gasteiger partial charge on any atom is 0.260 e. The summed E-state index contributed by atoms with van der Waals surface area (Å²) in [6, 6.07) is 0. The first-order chi connectivity index (χ1) is 8.87. The van der Waals surface area contributed by atoms with Crippen molar-refractivity contribution in [2.75, 3.05) is 26.8 Å². The van der Waals surface area contributed by atoms with Gasteiger partial charge in [0.05, 0.1) is 17.8 Å². The number of hydrogen-bond acceptors (Lipinski definition) is 5. The Kier molecular flexibility index (Phi) is 5.85. The van der Waals surface area contributed by atoms with Gasteiger partial charge in [-0.1, -0.05) is 12.2 Å². The zero-order valence-electron chi connectivity index (χ0n) is 10.9. The van der Waals surface area contributed by atoms with Crippen molar-refractivity contribution in [3.8, 4) is 0 Å². The summed E-state index contributed by atoms with van der Waals surface area (Å²) in [6.07, 6.45) is 1.62. The summed E-state index contributed by atoms with van der Waals surface area (Å²) in [7, 11) is -2.12. The predicted octanol–water partition coefficient (Wildman–Crippen LogP) is 0.0314. The van der Waals surface area contributed by atoms with Crippen LogP contribution in [0.25, 0.3) is 0 Å². The minimum atomic E-state index is -3.63. The lowest BCUT2D eigenvalue weighted by molar-refractivity contribution is 0.179. The number of nitrogens with two attached hydrogens (primary N) is 1. The molecule has 0 aliphatic carbocycles. The van der Waals surface area contributed by atoms with Crippen LogP contribution in [-0.2, 0) is 14.8 Å². The van der Waals surface area contributed by atoms with Crippen LogP contribution in [0.15, 0.2) is 11.2 Å². The molecule has 0 atom stereocenters. The third kappa shape index (κ3) is 4.53. The normalized spacial score (nSPS) is 11.9. The molecule has 0 unspecified atom stereocenters. The summed E-state index contributed by atoms with van der Waals surface area (Å²) in [5.74, 6) is 0.541. The third-order valence-electron chi connectivity index (χ3n) is 2.45. The highest BCUT2D eigenvalue weighted by Gasteiger charge is 2.25. The molecule has 108 valence electrons. The van der Waals surface area contributed by atoms with Gasteiger partial charge in [0.2, 0.25) is 0 Å². The summed E-state index contributed by atoms with van der Waals surface area (Å²) in [6.45, 7) is 2.44. The van der Waals surface area contributed by atoms with Gasteiger partial charge in [-0.2, -0.15) is 4.31 Å². The molecule has 0 amide bonds. The molecule has 0 bridgehead atoms. The number of thiocarbonyl (C=S) groups is 1. The number of aromatic amines is 1. The van der Waals surface area contributed by atoms with Crippen molar-refractivity contribution < 1.29 is 13.2 Å². The monoisotopic (exact) mass is 306 g/mol. The molecule has 9 heteroatoms. The fraction of sp³-hybridized carbons (Fsp3) is 0.600. The topological polar surface area (TPSA) is 101 Å². The molecule has 0 fully saturated rings. The minimum Gasteiger partial charge on any atom is -0.393 e. The van der Waals surface area contributed by atoms with Gasteiger partial charge in [0.25, 0.3) is 10.0 Å². The van der Waals surface area contributed by atoms with Gasteiger partial charge in [-0.15, -0.1) is 0 Å². The number of rotatable bonds is 8. The number of ether oxygens (including phenoxy) is 1. The standard InChI is InChI=1S/C10H18N4O3S2/c1-8-12-7-10(13-8)19(15,16)14(5-6-17-2)4-3-9(11)18/h7H,3-6H2,1-2H3,(H2,11,18)(H,12,13). The van der Waals surface area contributed by atoms with Crippen LogP contribution in [0.3, 0.4) is 0 Å². The van der Waals surface area contributed by atoms with Gasteiger partial charge in [0, 0.05) is 26.6 Å². The number of aryl methyl sites for hydroxylation is 1. The fourth-order valence-electron chi connectivity index (χ4n) is 1.45. The van der Waals surface area contributed by atoms with E-state index in [1.165, 1.54) is 17.6 Å². The molecule has 0 aromatic carbocycles. The van der Waals surface area contributed by atoms with Crippen molar-refractivity contribution in [1.29, 1.82) is 0 Å². The molecule has 0 saturated carbocycles. The van der Waals surface area contributed by atoms with Crippen molar-refractivity contribution in [3.63, 3.8) is 0 Å². The Labute approximate surface area is 118 Å². The average Bonchev–Trinajstić information content (AvgIpc) is 2.76. The second-order valence-corrected chi connectivity index (χ2v) is 6.38. The van der Waals surface area contributed by atoms with Crippen LogP contribution in [0.2, 0.25) is 0 Å². The number of nitrogens with one attached hydrogen (secondary N) is 1. The summed E-state index contributed by atoms with van der Waals surface area (Å²) in [5.41, 5.74) is 5.41. The summed E-state index contributed by atoms with van der Waals surface area (Å²) < 4.78 is 31.0. The van der Waals surface area contributed by atoms with E-state index in [9.17, 15) is 8.42 Å². The lowest BCUT2D eigenvalue weighted by Crippen LogP contribution is -2.36. The first-order valence-electron chi connectivity index (χ1n) is 5.67. The highest BCUT2D eigenvalue weighted by molar-refractivity contribution is 7.89. The third-order valence-corrected chi connectivity index (χ3v) is 4.46. The van der Waals surface area contributed by atoms with Crippen LogP contribution >= 0.6 is 12.2 Å². The zero-order chi connectivity index (χ0) is 14.5. The smallest absolute Gasteiger partial charge is 0.260 e. The number of methoxy groups -OCH3 is 1. The lowest BCUT2D eigenvalue weighted by Gasteiger charge is -2.20. The van der Waals surface area contributed by atoms with Gasteiger partial charge in [0.1, 0.15) is 5.82 Å². The van der Waals surface area contributed by atoms with Gasteiger partial charge in [0.15, 0.2) is 5.03 Å². The van der Waals surface area contributed by atoms with E-state index in [1.807, 2.05) is 0 Å². The number of sulfonamides is 1. The Bertz CT molecular complexity index is 527. The van der Waals surface area contributed by atoms with E-state index in [-0.39, 0.29) is 23.1 Å². The molecule has 0 saturated heterocycles. The van der Waals surface area contributed by atoms with Crippen molar-refractivity contribution in [3.05, 3.63) is 12.0 Å². The van der Waals surface area contributed by atoms with Gasteiger partial charge in [-0.3, -0.25) is 0 Å². The van der Waals surface area contributed by atoms with Crippen molar-refractivity contribution >= 4 is 27.2 Å². The van der Waals surface area contributed by atoms with E-state index in [0.29, 0.717) is 18.9 Å². The number of H-pyrrole nitrogens is 1. The molecule has 1 rings (SSSR count). The first kappa shape index (κ1) is 16.0. The van der Waals surface area contributed by atoms with Gasteiger partial charge in [-0.05, 0) is 6.92 Å². The van der Waals surface area contributed by atoms with Gasteiger partial charge in [-0.25, -0.2) is 13.4 Å². The second kappa shape index (κ2) is 6.94. The van der Waals surface area contributed by atoms with Crippen molar-refractivity contribution in [1.82, 2.24) is 14.3 Å². The molecule has 1 heterocycles. The molecular formula is C10H18N4O3S2. The Morgan fingerprint density at radius 2 is 2.26 bits per heavy atom. The Balaban J connectivity index is 2.91. The molecule has 1 aromatic rings. The van der Waals surface area contributed by atoms with Crippen molar-refractivity contribution in [2.45, 2.75) is 18.4 Å². The van der Waals surface area contributed by atoms with Crippen LogP contribution in [0.1, 0.15) is 12.2 Å². The van der Waals surface area contributed by atoms with E-state index in [2.05, 4.69) is 9.97 Å². The van der Waals surface area contributed by atoms with Crippen LogP contribution in [0.5, 0.6) is 0 Å². The van der Waals surface area contributed by atoms with Crippen LogP contribution in [0.4, 0.5) is 0 Å². The van der Waals surface area contributed by atoms with Crippen LogP contribution < -0.4 is 5.73 Å². The highest BCUT2D eigenvalue weighted by atomic mass is 32.2. The molecule has 0 radical (unpaired) electrons. The number of nitrogens with zero attached hydrogens (tertiary/aromatic N) is 2. The minimum absolute atomic E-state index is 0.0593. The molecule has 0 aliphatic heterocycles. The fourth-order valence-corrected chi connectivity index (χ4v) is 2.93. The van der Waals surface area contributed by atoms with Crippen molar-refractivity contribution in [2.24, 2.45) is 5.73 Å². The van der Waals surface area contributed by atoms with Gasteiger partial charge < -0.3 is 15.5 Å². The van der Waals surface area contributed by atoms with Gasteiger partial charge >= 0.3 is 0 Å². The van der Waals surface area contributed by atoms with E-state index in [0.717, 1.165) is 0 Å². The maximum absolute atomic E-state index is 12.4. The molecule has 1 aromatic heterocycles. The van der Waals surface area contributed by atoms with E-state index < -0.39 is 10.0 Å². The van der Waals surface area contributed by atoms with Crippen LogP contribution in [-0.4, -0.2) is 54.5 Å². The number of hydrogen-bond donors (Lipinski definition) is 2. The zero-order valence-corrected chi connectivity index (χ0v) is 12.6. The Morgan fingerprint density at radius 1 is 1.58 bits per heavy atom. The molecule has 3 N–H and O–H groups in total. The number of aromatic nitrogens is 2. The summed E-state index contributed by atoms with van der Waals surface area (Å²) in [5, 5.41) is 0.0593. The average molecular weight is 306 g/mol. The first-order valence-corrected chi connectivity index (χ1v) is 7.51. The molecular weight excluding hydrogens is 288 g/mol. The predicted molar refractivity (Wildman–Crippen MR) is 75.4 cm³/mol. The summed E-state index contributed by atoms with van der Waals surface area (Å²) >= 11 is 4.78. The quantitative estimate of drug-likeness (QED) is 0.657. The molecule has 19 heavy (non-hydrogen) atoms. The lowest BCUT2D eigenvalue weighted by atomic mass is 10.4. The van der Waals surface area contributed by atoms with E-state index in [1.54, 1.807) is 6.92 Å². The van der Waals surface area contributed by atoms with E-state index >= 15 is 0 Å². The second-order valence-electron chi connectivity index (χ2n) is 3.95. The van der Waals surface area contributed by atoms with E-state index in [4.69, 9.17) is 22.7 Å². The Morgan fingerprint density at radius 3 is 2.74 bits per heavy atom. The van der Waals surface area contributed by atoms with Crippen LogP contribution in [0, 0.1) is 6.92 Å². The summed E-state index contributed by atoms with van der Waals surface area (Å²) in [4.78, 5) is 6.89. The number of imidazole rings is 1. The molecule has 0 spiro atoms. The molecule has 7 nitrogen and oxygen atoms in total. The SMILES string of the molecule is COCCN(CCC(N)=S)S(=O)(=O)c1cnc(C)[nH]1.